The van der Waals surface area contributed by atoms with Crippen LogP contribution in [0.25, 0.3) is 0 Å². The van der Waals surface area contributed by atoms with Gasteiger partial charge in [-0.3, -0.25) is 0 Å². The zero-order valence-electron chi connectivity index (χ0n) is 9.45. The summed E-state index contributed by atoms with van der Waals surface area (Å²) in [6.45, 7) is 5.74. The van der Waals surface area contributed by atoms with Gasteiger partial charge in [0.1, 0.15) is 13.3 Å². The average Bonchev–Trinajstić information content (AvgIpc) is 2.26. The molecular formula is C12H20N2+2. The summed E-state index contributed by atoms with van der Waals surface area (Å²) >= 11 is 0. The van der Waals surface area contributed by atoms with Crippen LogP contribution in [0.2, 0.25) is 0 Å². The fourth-order valence-electron chi connectivity index (χ4n) is 2.53. The Morgan fingerprint density at radius 1 is 1.36 bits per heavy atom. The van der Waals surface area contributed by atoms with Crippen molar-refractivity contribution in [1.82, 2.24) is 0 Å². The molecule has 0 aromatic carbocycles. The maximum absolute atomic E-state index is 2.50. The molecule has 0 aliphatic carbocycles. The molecular weight excluding hydrogens is 172 g/mol. The number of allylic oxidation sites excluding steroid dienone is 1. The van der Waals surface area contributed by atoms with Gasteiger partial charge >= 0.3 is 5.66 Å². The maximum atomic E-state index is 2.50. The Morgan fingerprint density at radius 2 is 2.14 bits per heavy atom. The van der Waals surface area contributed by atoms with E-state index >= 15 is 0 Å². The number of hydrogen-bond acceptors (Lipinski definition) is 0. The minimum Gasteiger partial charge on any atom is -0.180 e. The fraction of sp³-hybridized carbons (Fsp3) is 0.667. The molecule has 0 aromatic rings. The molecule has 0 radical (unpaired) electrons. The van der Waals surface area contributed by atoms with E-state index in [2.05, 4.69) is 48.6 Å². The molecule has 2 nitrogen and oxygen atoms in total. The highest BCUT2D eigenvalue weighted by Gasteiger charge is 2.47. The van der Waals surface area contributed by atoms with Crippen LogP contribution in [0.3, 0.4) is 0 Å². The molecule has 0 amide bonds. The lowest BCUT2D eigenvalue weighted by Gasteiger charge is -2.25. The summed E-state index contributed by atoms with van der Waals surface area (Å²) in [6, 6.07) is 0. The van der Waals surface area contributed by atoms with Crippen molar-refractivity contribution in [3.8, 4) is 0 Å². The molecule has 2 heteroatoms. The quantitative estimate of drug-likeness (QED) is 0.406. The van der Waals surface area contributed by atoms with Gasteiger partial charge in [0.05, 0.1) is 19.8 Å². The van der Waals surface area contributed by atoms with Crippen LogP contribution in [0.5, 0.6) is 0 Å². The van der Waals surface area contributed by atoms with Gasteiger partial charge in [0.2, 0.25) is 0 Å². The number of nitrogens with zero attached hydrogens (tertiary/aromatic N) is 2. The molecule has 0 saturated carbocycles. The Labute approximate surface area is 86.3 Å². The highest BCUT2D eigenvalue weighted by Crippen LogP contribution is 2.25. The number of rotatable bonds is 0. The first kappa shape index (κ1) is 9.63. The smallest absolute Gasteiger partial charge is 0.180 e. The summed E-state index contributed by atoms with van der Waals surface area (Å²) in [6.07, 6.45) is 10.4. The van der Waals surface area contributed by atoms with E-state index in [0.717, 1.165) is 12.8 Å². The summed E-state index contributed by atoms with van der Waals surface area (Å²) < 4.78 is 4.87. The molecule has 1 atom stereocenters. The van der Waals surface area contributed by atoms with Crippen LogP contribution in [0.1, 0.15) is 33.1 Å². The minimum absolute atomic E-state index is 0.176. The zero-order valence-corrected chi connectivity index (χ0v) is 9.45. The Kier molecular flexibility index (Phi) is 2.30. The van der Waals surface area contributed by atoms with Crippen LogP contribution in [0.15, 0.2) is 11.6 Å². The van der Waals surface area contributed by atoms with E-state index in [9.17, 15) is 0 Å². The monoisotopic (exact) mass is 192 g/mol. The van der Waals surface area contributed by atoms with Gasteiger partial charge in [-0.25, -0.2) is 0 Å². The van der Waals surface area contributed by atoms with Gasteiger partial charge in [-0.1, -0.05) is 11.6 Å². The summed E-state index contributed by atoms with van der Waals surface area (Å²) in [5.74, 6) is 0. The summed E-state index contributed by atoms with van der Waals surface area (Å²) in [7, 11) is 2.19. The number of fused-ring (bicyclic) bond motifs is 1. The molecule has 2 aliphatic rings. The van der Waals surface area contributed by atoms with Crippen molar-refractivity contribution in [3.05, 3.63) is 11.6 Å². The minimum atomic E-state index is 0.176. The molecule has 1 unspecified atom stereocenters. The van der Waals surface area contributed by atoms with Crippen molar-refractivity contribution < 1.29 is 9.15 Å². The highest BCUT2D eigenvalue weighted by atomic mass is 15.3. The lowest BCUT2D eigenvalue weighted by atomic mass is 10.00. The van der Waals surface area contributed by atoms with Crippen molar-refractivity contribution in [2.24, 2.45) is 0 Å². The third kappa shape index (κ3) is 1.43. The van der Waals surface area contributed by atoms with Gasteiger partial charge in [-0.15, -0.1) is 0 Å². The highest BCUT2D eigenvalue weighted by molar-refractivity contribution is 5.56. The third-order valence-corrected chi connectivity index (χ3v) is 3.56. The summed E-state index contributed by atoms with van der Waals surface area (Å²) in [5, 5.41) is 0. The first-order valence-electron chi connectivity index (χ1n) is 5.45. The molecule has 0 fully saturated rings. The molecule has 0 N–H and O–H groups in total. The van der Waals surface area contributed by atoms with Crippen molar-refractivity contribution >= 4 is 12.4 Å². The zero-order chi connectivity index (χ0) is 10.2. The Bertz CT molecular complexity index is 336. The van der Waals surface area contributed by atoms with Crippen LogP contribution in [0.4, 0.5) is 0 Å². The lowest BCUT2D eigenvalue weighted by Crippen LogP contribution is -2.52. The van der Waals surface area contributed by atoms with E-state index in [1.54, 1.807) is 0 Å². The third-order valence-electron chi connectivity index (χ3n) is 3.56. The molecule has 0 bridgehead atoms. The number of hydrogen-bond donors (Lipinski definition) is 0. The van der Waals surface area contributed by atoms with Crippen molar-refractivity contribution in [1.29, 1.82) is 0 Å². The molecule has 0 aromatic heterocycles. The normalized spacial score (nSPS) is 32.4. The first-order chi connectivity index (χ1) is 6.63. The molecule has 14 heavy (non-hydrogen) atoms. The van der Waals surface area contributed by atoms with Crippen LogP contribution >= 0.6 is 0 Å². The second kappa shape index (κ2) is 3.34. The lowest BCUT2D eigenvalue weighted by molar-refractivity contribution is -0.819. The van der Waals surface area contributed by atoms with E-state index in [1.165, 1.54) is 18.5 Å². The van der Waals surface area contributed by atoms with Gasteiger partial charge in [-0.05, 0) is 6.92 Å². The molecule has 0 saturated heterocycles. The van der Waals surface area contributed by atoms with Gasteiger partial charge in [0.15, 0.2) is 12.8 Å². The Hall–Kier alpha value is -0.920. The largest absolute Gasteiger partial charge is 0.351 e. The molecule has 76 valence electrons. The first-order valence-corrected chi connectivity index (χ1v) is 5.45. The van der Waals surface area contributed by atoms with Crippen LogP contribution in [0, 0.1) is 0 Å². The molecule has 0 spiro atoms. The van der Waals surface area contributed by atoms with Crippen molar-refractivity contribution in [2.45, 2.75) is 38.8 Å². The Balaban J connectivity index is 2.42. The standard InChI is InChI=1S/C12H20N2/c1-11-6-4-8-14-9-5-7-13(3)12(14,2)10-11/h6-8H,4-5,9-10H2,1-3H3/q+2. The predicted molar refractivity (Wildman–Crippen MR) is 59.5 cm³/mol. The van der Waals surface area contributed by atoms with E-state index in [0.29, 0.717) is 0 Å². The van der Waals surface area contributed by atoms with Crippen molar-refractivity contribution in [3.63, 3.8) is 0 Å². The van der Waals surface area contributed by atoms with Gasteiger partial charge < -0.3 is 0 Å². The predicted octanol–water partition coefficient (Wildman–Crippen LogP) is 1.64. The van der Waals surface area contributed by atoms with Crippen molar-refractivity contribution in [2.75, 3.05) is 13.6 Å². The molecule has 2 heterocycles. The summed E-state index contributed by atoms with van der Waals surface area (Å²) in [5.41, 5.74) is 1.68. The van der Waals surface area contributed by atoms with Crippen LogP contribution < -0.4 is 0 Å². The van der Waals surface area contributed by atoms with Crippen LogP contribution in [-0.4, -0.2) is 40.8 Å². The van der Waals surface area contributed by atoms with Crippen LogP contribution in [-0.2, 0) is 0 Å². The second-order valence-electron chi connectivity index (χ2n) is 4.64. The van der Waals surface area contributed by atoms with E-state index in [-0.39, 0.29) is 5.66 Å². The summed E-state index contributed by atoms with van der Waals surface area (Å²) in [4.78, 5) is 0. The maximum Gasteiger partial charge on any atom is 0.351 e. The average molecular weight is 192 g/mol. The van der Waals surface area contributed by atoms with E-state index < -0.39 is 0 Å². The van der Waals surface area contributed by atoms with E-state index in [1.807, 2.05) is 0 Å². The van der Waals surface area contributed by atoms with E-state index in [4.69, 9.17) is 0 Å². The van der Waals surface area contributed by atoms with Gasteiger partial charge in [-0.2, -0.15) is 9.15 Å². The fourth-order valence-corrected chi connectivity index (χ4v) is 2.53. The molecule has 2 aliphatic heterocycles. The second-order valence-corrected chi connectivity index (χ2v) is 4.64. The SMILES string of the molecule is CC1=CCC=[N+]2CCC=[N+](C)C2(C)C1. The van der Waals surface area contributed by atoms with Gasteiger partial charge in [0.25, 0.3) is 0 Å². The topological polar surface area (TPSA) is 6.02 Å². The van der Waals surface area contributed by atoms with Gasteiger partial charge in [0, 0.05) is 6.42 Å². The Morgan fingerprint density at radius 3 is 2.93 bits per heavy atom. The molecule has 2 rings (SSSR count).